The third-order valence-electron chi connectivity index (χ3n) is 3.46. The van der Waals surface area contributed by atoms with Gasteiger partial charge < -0.3 is 4.74 Å². The lowest BCUT2D eigenvalue weighted by Gasteiger charge is -2.06. The van der Waals surface area contributed by atoms with Gasteiger partial charge in [0, 0.05) is 24.9 Å². The predicted molar refractivity (Wildman–Crippen MR) is 73.5 cm³/mol. The number of hydrogen-bond donors (Lipinski definition) is 0. The molecule has 1 aromatic heterocycles. The van der Waals surface area contributed by atoms with Gasteiger partial charge in [-0.15, -0.1) is 0 Å². The molecular formula is C14H13N3O4. The van der Waals surface area contributed by atoms with Gasteiger partial charge in [0.2, 0.25) is 0 Å². The minimum Gasteiger partial charge on any atom is -0.372 e. The van der Waals surface area contributed by atoms with Gasteiger partial charge in [0.05, 0.1) is 16.2 Å². The summed E-state index contributed by atoms with van der Waals surface area (Å²) in [5.74, 6) is 0. The van der Waals surface area contributed by atoms with E-state index in [9.17, 15) is 14.9 Å². The number of rotatable bonds is 4. The fourth-order valence-electron chi connectivity index (χ4n) is 2.39. The highest BCUT2D eigenvalue weighted by Gasteiger charge is 2.24. The number of hydrogen-bond acceptors (Lipinski definition) is 5. The molecule has 1 fully saturated rings. The number of aldehydes is 1. The van der Waals surface area contributed by atoms with Gasteiger partial charge in [-0.3, -0.25) is 14.9 Å². The molecule has 0 radical (unpaired) electrons. The maximum absolute atomic E-state index is 11.2. The first kappa shape index (κ1) is 13.4. The normalized spacial score (nSPS) is 17.8. The molecule has 7 heteroatoms. The average molecular weight is 287 g/mol. The summed E-state index contributed by atoms with van der Waals surface area (Å²) < 4.78 is 7.10. The molecule has 7 nitrogen and oxygen atoms in total. The van der Waals surface area contributed by atoms with E-state index in [4.69, 9.17) is 4.74 Å². The molecule has 0 amide bonds. The van der Waals surface area contributed by atoms with E-state index in [0.29, 0.717) is 23.6 Å². The summed E-state index contributed by atoms with van der Waals surface area (Å²) in [6.45, 7) is 0.674. The van der Waals surface area contributed by atoms with E-state index in [0.717, 1.165) is 19.1 Å². The molecule has 0 N–H and O–H groups in total. The summed E-state index contributed by atoms with van der Waals surface area (Å²) in [6, 6.07) is 6.00. The Balaban J connectivity index is 1.94. The van der Waals surface area contributed by atoms with Crippen LogP contribution in [-0.2, 0) is 4.74 Å². The molecule has 21 heavy (non-hydrogen) atoms. The van der Waals surface area contributed by atoms with Crippen LogP contribution in [0.5, 0.6) is 0 Å². The summed E-state index contributed by atoms with van der Waals surface area (Å²) in [6.07, 6.45) is 4.02. The molecule has 1 atom stereocenters. The topological polar surface area (TPSA) is 87.3 Å². The highest BCUT2D eigenvalue weighted by atomic mass is 16.6. The fraction of sp³-hybridized carbons (Fsp3) is 0.286. The van der Waals surface area contributed by atoms with Crippen molar-refractivity contribution < 1.29 is 14.5 Å². The standard InChI is InChI=1S/C14H13N3O4/c18-9-10-8-16(15-14(10)13-2-1-7-21-13)11-3-5-12(6-4-11)17(19)20/h3-6,8-9,13H,1-2,7H2. The molecule has 0 bridgehead atoms. The van der Waals surface area contributed by atoms with Crippen molar-refractivity contribution in [3.63, 3.8) is 0 Å². The van der Waals surface area contributed by atoms with Crippen molar-refractivity contribution in [1.29, 1.82) is 0 Å². The largest absolute Gasteiger partial charge is 0.372 e. The van der Waals surface area contributed by atoms with Crippen molar-refractivity contribution in [3.8, 4) is 5.69 Å². The SMILES string of the molecule is O=Cc1cn(-c2ccc([N+](=O)[O-])cc2)nc1C1CCCO1. The molecule has 1 aliphatic heterocycles. The Morgan fingerprint density at radius 1 is 1.38 bits per heavy atom. The van der Waals surface area contributed by atoms with Crippen molar-refractivity contribution in [1.82, 2.24) is 9.78 Å². The van der Waals surface area contributed by atoms with Crippen molar-refractivity contribution in [2.75, 3.05) is 6.61 Å². The molecule has 0 saturated carbocycles. The third kappa shape index (κ3) is 2.55. The number of carbonyl (C=O) groups is 1. The zero-order chi connectivity index (χ0) is 14.8. The molecular weight excluding hydrogens is 274 g/mol. The van der Waals surface area contributed by atoms with Gasteiger partial charge in [-0.05, 0) is 25.0 Å². The molecule has 0 spiro atoms. The second-order valence-electron chi connectivity index (χ2n) is 4.81. The lowest BCUT2D eigenvalue weighted by atomic mass is 10.1. The van der Waals surface area contributed by atoms with Crippen LogP contribution < -0.4 is 0 Å². The summed E-state index contributed by atoms with van der Waals surface area (Å²) in [4.78, 5) is 21.4. The number of nitrogens with zero attached hydrogens (tertiary/aromatic N) is 3. The number of nitro groups is 1. The van der Waals surface area contributed by atoms with Crippen LogP contribution in [-0.4, -0.2) is 27.6 Å². The Labute approximate surface area is 120 Å². The number of benzene rings is 1. The van der Waals surface area contributed by atoms with Gasteiger partial charge in [-0.1, -0.05) is 0 Å². The van der Waals surface area contributed by atoms with Gasteiger partial charge >= 0.3 is 0 Å². The van der Waals surface area contributed by atoms with Crippen molar-refractivity contribution in [2.24, 2.45) is 0 Å². The van der Waals surface area contributed by atoms with E-state index in [2.05, 4.69) is 5.10 Å². The molecule has 1 aromatic carbocycles. The smallest absolute Gasteiger partial charge is 0.269 e. The van der Waals surface area contributed by atoms with Crippen LogP contribution in [0.1, 0.15) is 35.0 Å². The lowest BCUT2D eigenvalue weighted by Crippen LogP contribution is -2.01. The Morgan fingerprint density at radius 2 is 2.14 bits per heavy atom. The van der Waals surface area contributed by atoms with Crippen LogP contribution in [0.3, 0.4) is 0 Å². The number of aromatic nitrogens is 2. The van der Waals surface area contributed by atoms with Crippen LogP contribution in [0.2, 0.25) is 0 Å². The van der Waals surface area contributed by atoms with Crippen molar-refractivity contribution >= 4 is 12.0 Å². The van der Waals surface area contributed by atoms with E-state index >= 15 is 0 Å². The zero-order valence-electron chi connectivity index (χ0n) is 11.1. The maximum Gasteiger partial charge on any atom is 0.269 e. The molecule has 0 aliphatic carbocycles. The van der Waals surface area contributed by atoms with E-state index in [1.807, 2.05) is 0 Å². The molecule has 1 unspecified atom stereocenters. The molecule has 108 valence electrons. The monoisotopic (exact) mass is 287 g/mol. The maximum atomic E-state index is 11.2. The first-order valence-electron chi connectivity index (χ1n) is 6.60. The molecule has 2 aromatic rings. The van der Waals surface area contributed by atoms with Gasteiger partial charge in [-0.2, -0.15) is 5.10 Å². The van der Waals surface area contributed by atoms with Crippen LogP contribution in [0.15, 0.2) is 30.5 Å². The highest BCUT2D eigenvalue weighted by Crippen LogP contribution is 2.29. The first-order chi connectivity index (χ1) is 10.2. The minimum atomic E-state index is -0.457. The summed E-state index contributed by atoms with van der Waals surface area (Å²) >= 11 is 0. The molecule has 1 aliphatic rings. The van der Waals surface area contributed by atoms with Crippen LogP contribution in [0.25, 0.3) is 5.69 Å². The van der Waals surface area contributed by atoms with E-state index < -0.39 is 4.92 Å². The Morgan fingerprint density at radius 3 is 2.71 bits per heavy atom. The number of nitro benzene ring substituents is 1. The van der Waals surface area contributed by atoms with Crippen molar-refractivity contribution in [3.05, 3.63) is 51.8 Å². The second kappa shape index (κ2) is 5.45. The summed E-state index contributed by atoms with van der Waals surface area (Å²) in [5, 5.41) is 15.0. The Bertz CT molecular complexity index is 672. The first-order valence-corrected chi connectivity index (χ1v) is 6.60. The van der Waals surface area contributed by atoms with Crippen LogP contribution in [0, 0.1) is 10.1 Å². The molecule has 1 saturated heterocycles. The fourth-order valence-corrected chi connectivity index (χ4v) is 2.39. The lowest BCUT2D eigenvalue weighted by molar-refractivity contribution is -0.384. The number of non-ortho nitro benzene ring substituents is 1. The Kier molecular flexibility index (Phi) is 3.49. The molecule has 2 heterocycles. The number of carbonyl (C=O) groups excluding carboxylic acids is 1. The average Bonchev–Trinajstić information content (AvgIpc) is 3.16. The highest BCUT2D eigenvalue weighted by molar-refractivity contribution is 5.76. The Hall–Kier alpha value is -2.54. The van der Waals surface area contributed by atoms with E-state index in [1.165, 1.54) is 12.1 Å². The summed E-state index contributed by atoms with van der Waals surface area (Å²) in [5.41, 5.74) is 1.79. The van der Waals surface area contributed by atoms with Crippen LogP contribution in [0.4, 0.5) is 5.69 Å². The third-order valence-corrected chi connectivity index (χ3v) is 3.46. The van der Waals surface area contributed by atoms with Gasteiger partial charge in [0.15, 0.2) is 6.29 Å². The van der Waals surface area contributed by atoms with Crippen LogP contribution >= 0.6 is 0 Å². The van der Waals surface area contributed by atoms with Crippen molar-refractivity contribution in [2.45, 2.75) is 18.9 Å². The van der Waals surface area contributed by atoms with Gasteiger partial charge in [0.1, 0.15) is 11.8 Å². The molecule has 3 rings (SSSR count). The van der Waals surface area contributed by atoms with Gasteiger partial charge in [0.25, 0.3) is 5.69 Å². The van der Waals surface area contributed by atoms with E-state index in [-0.39, 0.29) is 11.8 Å². The zero-order valence-corrected chi connectivity index (χ0v) is 11.1. The van der Waals surface area contributed by atoms with Gasteiger partial charge in [-0.25, -0.2) is 4.68 Å². The summed E-state index contributed by atoms with van der Waals surface area (Å²) in [7, 11) is 0. The number of ether oxygens (including phenoxy) is 1. The van der Waals surface area contributed by atoms with E-state index in [1.54, 1.807) is 23.0 Å². The quantitative estimate of drug-likeness (QED) is 0.489. The predicted octanol–water partition coefficient (Wildman–Crippen LogP) is 2.44. The second-order valence-corrected chi connectivity index (χ2v) is 4.81. The minimum absolute atomic E-state index is 0.0147.